The molecule has 0 amide bonds. The van der Waals surface area contributed by atoms with Crippen molar-refractivity contribution in [2.24, 2.45) is 0 Å². The van der Waals surface area contributed by atoms with E-state index in [1.807, 2.05) is 0 Å². The van der Waals surface area contributed by atoms with E-state index in [1.165, 1.54) is 0 Å². The van der Waals surface area contributed by atoms with Crippen molar-refractivity contribution < 1.29 is 8.33 Å². The Morgan fingerprint density at radius 2 is 1.25 bits per heavy atom. The molecule has 4 heavy (non-hydrogen) atoms. The third-order valence-electron chi connectivity index (χ3n) is 0. The van der Waals surface area contributed by atoms with Gasteiger partial charge in [0.2, 0.25) is 0 Å². The molecule has 0 bridgehead atoms. The number of hydrogen-bond donors (Lipinski definition) is 1. The van der Waals surface area contributed by atoms with Crippen LogP contribution in [-0.4, -0.2) is 43.2 Å². The molecule has 5 N–H and O–H groups in total. The van der Waals surface area contributed by atoms with Crippen LogP contribution in [0, 0.1) is 0 Å². The molecule has 0 saturated carbocycles. The Bertz CT molecular complexity index is 13.5. The Balaban J connectivity index is 0. The maximum Gasteiger partial charge on any atom is 2.00 e. The van der Waals surface area contributed by atoms with Gasteiger partial charge in [0.25, 0.3) is 0 Å². The molecule has 0 aliphatic rings. The molecule has 0 radical (unpaired) electrons. The van der Waals surface area contributed by atoms with Crippen molar-refractivity contribution in [1.29, 1.82) is 0 Å². The van der Waals surface area contributed by atoms with E-state index in [9.17, 15) is 0 Å². The molecule has 4 heteroatoms. The smallest absolute Gasteiger partial charge is 1.00 e. The molecule has 0 aliphatic heterocycles. The Morgan fingerprint density at radius 1 is 1.25 bits per heavy atom. The van der Waals surface area contributed by atoms with Crippen LogP contribution in [-0.2, 0) is 0 Å². The summed E-state index contributed by atoms with van der Waals surface area (Å²) in [5.74, 6) is 0. The monoisotopic (exact) mass is 113 g/mol. The first-order chi connectivity index (χ1) is 0. The van der Waals surface area contributed by atoms with Crippen LogP contribution in [0.3, 0.4) is 0 Å². The summed E-state index contributed by atoms with van der Waals surface area (Å²) in [7, 11) is 0. The van der Waals surface area contributed by atoms with Gasteiger partial charge in [0, 0.05) is 0 Å². The molecule has 0 aliphatic carbocycles. The fourth-order valence-electron chi connectivity index (χ4n) is 0. The van der Waals surface area contributed by atoms with Gasteiger partial charge < -0.3 is 14.5 Å². The summed E-state index contributed by atoms with van der Waals surface area (Å²) in [6.07, 6.45) is 0. The first kappa shape index (κ1) is 50.6. The van der Waals surface area contributed by atoms with E-state index in [0.717, 1.165) is 0 Å². The molecule has 0 aromatic heterocycles. The van der Waals surface area contributed by atoms with Crippen molar-refractivity contribution in [2.75, 3.05) is 0 Å². The van der Waals surface area contributed by atoms with Crippen molar-refractivity contribution in [3.8, 4) is 0 Å². The van der Waals surface area contributed by atoms with Crippen LogP contribution in [0.2, 0.25) is 0 Å². The zero-order valence-electron chi connectivity index (χ0n) is 4.32. The average Bonchev–Trinajstić information content (AvgIpc) is 0. The Hall–Kier alpha value is 1.47. The Kier molecular flexibility index (Phi) is 315. The third-order valence-corrected chi connectivity index (χ3v) is 0. The molecule has 0 aromatic carbocycles. The maximum absolute atomic E-state index is 0. The second-order valence-corrected chi connectivity index (χ2v) is 0. The molecular formula is H8CaClNO. The van der Waals surface area contributed by atoms with Crippen LogP contribution >= 0.6 is 12.4 Å². The first-order valence-corrected chi connectivity index (χ1v) is 0. The molecule has 2 nitrogen and oxygen atoms in total. The average molecular weight is 114 g/mol. The van der Waals surface area contributed by atoms with E-state index in [-0.39, 0.29) is 64.6 Å². The topological polar surface area (TPSA) is 66.5 Å². The number of halogens is 1. The van der Waals surface area contributed by atoms with Gasteiger partial charge in [0.15, 0.2) is 0 Å². The molecular weight excluding hydrogens is 106 g/mol. The van der Waals surface area contributed by atoms with Gasteiger partial charge in [-0.1, -0.05) is 0 Å². The third kappa shape index (κ3) is 9.80. The maximum atomic E-state index is 0. The van der Waals surface area contributed by atoms with Gasteiger partial charge in [0.05, 0.1) is 0 Å². The zero-order valence-corrected chi connectivity index (χ0v) is 5.35. The van der Waals surface area contributed by atoms with Crippen LogP contribution in [0.15, 0.2) is 0 Å². The quantitative estimate of drug-likeness (QED) is 0.427. The fourth-order valence-corrected chi connectivity index (χ4v) is 0. The summed E-state index contributed by atoms with van der Waals surface area (Å²) < 4.78 is 0. The predicted molar refractivity (Wildman–Crippen MR) is 23.9 cm³/mol. The molecule has 0 rings (SSSR count). The molecule has 0 spiro atoms. The molecule has 0 atom stereocenters. The predicted octanol–water partition coefficient (Wildman–Crippen LogP) is -0.397. The standard InChI is InChI=1S/Ca.ClH.H3N.H2O.2H/h;1H;1H3;1H2;;/q+2;;;;2*-1. The summed E-state index contributed by atoms with van der Waals surface area (Å²) in [6.45, 7) is 0. The van der Waals surface area contributed by atoms with E-state index in [1.54, 1.807) is 0 Å². The van der Waals surface area contributed by atoms with E-state index < -0.39 is 0 Å². The van der Waals surface area contributed by atoms with E-state index in [0.29, 0.717) is 0 Å². The van der Waals surface area contributed by atoms with Gasteiger partial charge in [-0.25, -0.2) is 0 Å². The van der Waals surface area contributed by atoms with E-state index in [4.69, 9.17) is 0 Å². The number of hydrogen-bond acceptors (Lipinski definition) is 1. The molecule has 28 valence electrons. The van der Waals surface area contributed by atoms with Crippen LogP contribution < -0.4 is 6.15 Å². The molecule has 0 saturated heterocycles. The van der Waals surface area contributed by atoms with Crippen molar-refractivity contribution in [2.45, 2.75) is 0 Å². The number of rotatable bonds is 0. The zero-order chi connectivity index (χ0) is 0. The van der Waals surface area contributed by atoms with Gasteiger partial charge in [-0.15, -0.1) is 12.4 Å². The van der Waals surface area contributed by atoms with Gasteiger partial charge in [-0.2, -0.15) is 0 Å². The van der Waals surface area contributed by atoms with Gasteiger partial charge in [-0.05, 0) is 0 Å². The second-order valence-electron chi connectivity index (χ2n) is 0. The van der Waals surface area contributed by atoms with Crippen molar-refractivity contribution >= 4 is 50.1 Å². The van der Waals surface area contributed by atoms with Gasteiger partial charge in [-0.3, -0.25) is 0 Å². The van der Waals surface area contributed by atoms with Crippen LogP contribution in [0.4, 0.5) is 0 Å². The summed E-state index contributed by atoms with van der Waals surface area (Å²) in [6, 6.07) is 0. The molecule has 0 unspecified atom stereocenters. The minimum Gasteiger partial charge on any atom is -1.00 e. The fraction of sp³-hybridized carbons (Fsp3) is 0. The first-order valence-electron chi connectivity index (χ1n) is 0. The normalized spacial score (nSPS) is 0. The van der Waals surface area contributed by atoms with Crippen LogP contribution in [0.1, 0.15) is 2.85 Å². The summed E-state index contributed by atoms with van der Waals surface area (Å²) in [5.41, 5.74) is 0. The van der Waals surface area contributed by atoms with Crippen LogP contribution in [0.25, 0.3) is 0 Å². The molecule has 0 aromatic rings. The molecule has 0 heterocycles. The van der Waals surface area contributed by atoms with E-state index >= 15 is 0 Å². The Labute approximate surface area is 64.2 Å². The summed E-state index contributed by atoms with van der Waals surface area (Å²) >= 11 is 0. The summed E-state index contributed by atoms with van der Waals surface area (Å²) in [5, 5.41) is 0. The molecule has 0 fully saturated rings. The van der Waals surface area contributed by atoms with Crippen molar-refractivity contribution in [3.05, 3.63) is 0 Å². The van der Waals surface area contributed by atoms with Crippen LogP contribution in [0.5, 0.6) is 0 Å². The Morgan fingerprint density at radius 3 is 1.25 bits per heavy atom. The van der Waals surface area contributed by atoms with Crippen molar-refractivity contribution in [3.63, 3.8) is 0 Å². The minimum absolute atomic E-state index is 0. The summed E-state index contributed by atoms with van der Waals surface area (Å²) in [4.78, 5) is 0. The SMILES string of the molecule is Cl.N.O.[Ca+2].[H-].[H-]. The largest absolute Gasteiger partial charge is 2.00 e. The van der Waals surface area contributed by atoms with Gasteiger partial charge >= 0.3 is 37.7 Å². The minimum atomic E-state index is 0. The second kappa shape index (κ2) is 24.9. The van der Waals surface area contributed by atoms with Gasteiger partial charge in [0.1, 0.15) is 0 Å². The van der Waals surface area contributed by atoms with Crippen molar-refractivity contribution in [1.82, 2.24) is 6.15 Å². The van der Waals surface area contributed by atoms with E-state index in [2.05, 4.69) is 0 Å².